The van der Waals surface area contributed by atoms with Crippen LogP contribution in [0, 0.1) is 13.8 Å². The highest BCUT2D eigenvalue weighted by Gasteiger charge is 2.46. The minimum atomic E-state index is -0.824. The lowest BCUT2D eigenvalue weighted by atomic mass is 9.96. The Balaban J connectivity index is 1.82. The first-order valence-corrected chi connectivity index (χ1v) is 13.4. The maximum Gasteiger partial charge on any atom is 0.295 e. The van der Waals surface area contributed by atoms with Crippen molar-refractivity contribution in [1.82, 2.24) is 14.3 Å². The van der Waals surface area contributed by atoms with Gasteiger partial charge in [-0.3, -0.25) is 9.59 Å². The maximum atomic E-state index is 13.4. The van der Waals surface area contributed by atoms with Crippen molar-refractivity contribution in [2.24, 2.45) is 0 Å². The summed E-state index contributed by atoms with van der Waals surface area (Å²) in [7, 11) is 3.14. The average Bonchev–Trinajstić information content (AvgIpc) is 3.41. The molecule has 1 N–H and O–H groups in total. The van der Waals surface area contributed by atoms with Crippen molar-refractivity contribution in [3.8, 4) is 11.5 Å². The molecule has 0 bridgehead atoms. The fourth-order valence-corrected chi connectivity index (χ4v) is 5.02. The fraction of sp³-hybridized carbons (Fsp3) is 0.433. The number of rotatable bonds is 12. The lowest BCUT2D eigenvalue weighted by molar-refractivity contribution is -0.140. The number of unbranched alkanes of at least 4 members (excludes halogenated alkanes) is 2. The molecule has 9 nitrogen and oxygen atoms in total. The Morgan fingerprint density at radius 1 is 1.05 bits per heavy atom. The van der Waals surface area contributed by atoms with Crippen LogP contribution in [0.2, 0.25) is 0 Å². The number of amides is 1. The van der Waals surface area contributed by atoms with Crippen molar-refractivity contribution in [3.63, 3.8) is 0 Å². The Kier molecular flexibility index (Phi) is 8.91. The number of aromatic nitrogens is 2. The standard InChI is InChI=1S/C30H37N3O6/c1-6-7-8-17-39-22-13-12-21(18-23(22)38-5)26-24(28(35)30(36)33(26)15-10-16-37-4)27(34)25-20(3)32-14-9-11-19(2)29(32)31-25/h9,11-14,18,26,34H,6-8,10,15-17H2,1-5H3. The number of aliphatic hydroxyl groups is 1. The quantitative estimate of drug-likeness (QED) is 0.151. The zero-order valence-electron chi connectivity index (χ0n) is 23.3. The first-order chi connectivity index (χ1) is 18.8. The number of carbonyl (C=O) groups is 2. The van der Waals surface area contributed by atoms with Crippen LogP contribution in [0.3, 0.4) is 0 Å². The number of pyridine rings is 1. The van der Waals surface area contributed by atoms with Gasteiger partial charge in [0.25, 0.3) is 11.7 Å². The average molecular weight is 536 g/mol. The summed E-state index contributed by atoms with van der Waals surface area (Å²) in [6.07, 6.45) is 5.47. The highest BCUT2D eigenvalue weighted by molar-refractivity contribution is 6.46. The van der Waals surface area contributed by atoms with Gasteiger partial charge in [-0.05, 0) is 56.0 Å². The van der Waals surface area contributed by atoms with Gasteiger partial charge in [0.15, 0.2) is 17.3 Å². The monoisotopic (exact) mass is 535 g/mol. The summed E-state index contributed by atoms with van der Waals surface area (Å²) >= 11 is 0. The molecule has 0 spiro atoms. The third kappa shape index (κ3) is 5.49. The molecule has 1 atom stereocenters. The van der Waals surface area contributed by atoms with Crippen molar-refractivity contribution in [3.05, 3.63) is 64.6 Å². The summed E-state index contributed by atoms with van der Waals surface area (Å²) < 4.78 is 18.6. The van der Waals surface area contributed by atoms with Crippen LogP contribution in [0.4, 0.5) is 0 Å². The van der Waals surface area contributed by atoms with Crippen LogP contribution in [0.25, 0.3) is 11.4 Å². The number of nitrogens with zero attached hydrogens (tertiary/aromatic N) is 3. The second-order valence-corrected chi connectivity index (χ2v) is 9.74. The van der Waals surface area contributed by atoms with Crippen molar-refractivity contribution >= 4 is 23.1 Å². The Labute approximate surface area is 229 Å². The van der Waals surface area contributed by atoms with E-state index in [1.807, 2.05) is 42.6 Å². The van der Waals surface area contributed by atoms with Crippen LogP contribution in [0.5, 0.6) is 11.5 Å². The van der Waals surface area contributed by atoms with Gasteiger partial charge in [-0.15, -0.1) is 0 Å². The Morgan fingerprint density at radius 3 is 2.54 bits per heavy atom. The van der Waals surface area contributed by atoms with Gasteiger partial charge in [0.2, 0.25) is 0 Å². The summed E-state index contributed by atoms with van der Waals surface area (Å²) in [5, 5.41) is 11.6. The van der Waals surface area contributed by atoms with Gasteiger partial charge in [-0.2, -0.15) is 0 Å². The van der Waals surface area contributed by atoms with Crippen LogP contribution in [0.1, 0.15) is 61.2 Å². The number of ether oxygens (including phenoxy) is 3. The van der Waals surface area contributed by atoms with E-state index in [0.29, 0.717) is 48.0 Å². The van der Waals surface area contributed by atoms with Gasteiger partial charge in [0.1, 0.15) is 11.3 Å². The molecule has 9 heteroatoms. The number of aliphatic hydroxyl groups excluding tert-OH is 1. The minimum absolute atomic E-state index is 0.000225. The Bertz CT molecular complexity index is 1390. The number of fused-ring (bicyclic) bond motifs is 1. The lowest BCUT2D eigenvalue weighted by Crippen LogP contribution is -2.31. The van der Waals surface area contributed by atoms with E-state index in [0.717, 1.165) is 24.8 Å². The largest absolute Gasteiger partial charge is 0.505 e. The summed E-state index contributed by atoms with van der Waals surface area (Å²) in [5.74, 6) is -0.644. The number of carbonyl (C=O) groups excluding carboxylic acids is 2. The van der Waals surface area contributed by atoms with E-state index < -0.39 is 17.7 Å². The molecular weight excluding hydrogens is 498 g/mol. The van der Waals surface area contributed by atoms with Crippen LogP contribution >= 0.6 is 0 Å². The van der Waals surface area contributed by atoms with Gasteiger partial charge in [0.05, 0.1) is 31.0 Å². The molecule has 208 valence electrons. The predicted octanol–water partition coefficient (Wildman–Crippen LogP) is 4.99. The van der Waals surface area contributed by atoms with Gasteiger partial charge in [0, 0.05) is 26.5 Å². The van der Waals surface area contributed by atoms with E-state index in [4.69, 9.17) is 14.2 Å². The van der Waals surface area contributed by atoms with Gasteiger partial charge < -0.3 is 28.6 Å². The van der Waals surface area contributed by atoms with Crippen molar-refractivity contribution in [1.29, 1.82) is 0 Å². The van der Waals surface area contributed by atoms with E-state index in [9.17, 15) is 14.7 Å². The van der Waals surface area contributed by atoms with Crippen LogP contribution < -0.4 is 9.47 Å². The van der Waals surface area contributed by atoms with Gasteiger partial charge in [-0.25, -0.2) is 4.98 Å². The van der Waals surface area contributed by atoms with E-state index in [1.54, 1.807) is 26.4 Å². The zero-order chi connectivity index (χ0) is 28.1. The summed E-state index contributed by atoms with van der Waals surface area (Å²) in [6.45, 7) is 7.15. The first-order valence-electron chi connectivity index (χ1n) is 13.4. The van der Waals surface area contributed by atoms with Crippen LogP contribution in [-0.2, 0) is 14.3 Å². The molecule has 0 aliphatic carbocycles. The van der Waals surface area contributed by atoms with Gasteiger partial charge >= 0.3 is 0 Å². The van der Waals surface area contributed by atoms with E-state index >= 15 is 0 Å². The van der Waals surface area contributed by atoms with E-state index in [-0.39, 0.29) is 23.6 Å². The second kappa shape index (κ2) is 12.3. The van der Waals surface area contributed by atoms with Gasteiger partial charge in [-0.1, -0.05) is 31.9 Å². The maximum absolute atomic E-state index is 13.4. The van der Waals surface area contributed by atoms with Crippen molar-refractivity contribution in [2.75, 3.05) is 34.0 Å². The summed E-state index contributed by atoms with van der Waals surface area (Å²) in [5.41, 5.74) is 3.17. The number of ketones is 1. The number of Topliss-reactive ketones (excluding diaryl/α,β-unsaturated/α-hetero) is 1. The molecule has 0 saturated carbocycles. The Morgan fingerprint density at radius 2 is 1.85 bits per heavy atom. The molecular formula is C30H37N3O6. The summed E-state index contributed by atoms with van der Waals surface area (Å²) in [6, 6.07) is 8.37. The third-order valence-corrected chi connectivity index (χ3v) is 7.10. The lowest BCUT2D eigenvalue weighted by Gasteiger charge is -2.26. The zero-order valence-corrected chi connectivity index (χ0v) is 23.3. The molecule has 0 radical (unpaired) electrons. The molecule has 1 aromatic carbocycles. The molecule has 1 amide bonds. The Hall–Kier alpha value is -3.85. The smallest absolute Gasteiger partial charge is 0.295 e. The number of benzene rings is 1. The van der Waals surface area contributed by atoms with Crippen molar-refractivity contribution < 1.29 is 28.9 Å². The SMILES string of the molecule is CCCCCOc1ccc(C2C(=C(O)c3nc4c(C)cccn4c3C)C(=O)C(=O)N2CCCOC)cc1OC. The molecule has 1 fully saturated rings. The molecule has 1 aliphatic rings. The second-order valence-electron chi connectivity index (χ2n) is 9.74. The van der Waals surface area contributed by atoms with Crippen molar-refractivity contribution in [2.45, 2.75) is 52.5 Å². The number of imidazole rings is 1. The summed E-state index contributed by atoms with van der Waals surface area (Å²) in [4.78, 5) is 32.8. The molecule has 2 aromatic heterocycles. The number of likely N-dealkylation sites (tertiary alicyclic amines) is 1. The number of aryl methyl sites for hydroxylation is 2. The first kappa shape index (κ1) is 28.2. The molecule has 1 unspecified atom stereocenters. The minimum Gasteiger partial charge on any atom is -0.505 e. The van der Waals surface area contributed by atoms with E-state index in [1.165, 1.54) is 4.90 Å². The topological polar surface area (TPSA) is 103 Å². The highest BCUT2D eigenvalue weighted by atomic mass is 16.5. The molecule has 1 saturated heterocycles. The molecule has 3 aromatic rings. The third-order valence-electron chi connectivity index (χ3n) is 7.10. The highest BCUT2D eigenvalue weighted by Crippen LogP contribution is 2.42. The number of methoxy groups -OCH3 is 2. The van der Waals surface area contributed by atoms with E-state index in [2.05, 4.69) is 11.9 Å². The fourth-order valence-electron chi connectivity index (χ4n) is 5.02. The molecule has 4 rings (SSSR count). The number of hydrogen-bond acceptors (Lipinski definition) is 7. The van der Waals surface area contributed by atoms with Crippen LogP contribution in [-0.4, -0.2) is 65.1 Å². The number of hydrogen-bond donors (Lipinski definition) is 1. The van der Waals surface area contributed by atoms with Crippen LogP contribution in [0.15, 0.2) is 42.1 Å². The molecule has 3 heterocycles. The normalized spacial score (nSPS) is 16.8. The molecule has 39 heavy (non-hydrogen) atoms. The molecule has 1 aliphatic heterocycles. The predicted molar refractivity (Wildman–Crippen MR) is 148 cm³/mol.